The molecule has 0 amide bonds. The number of halogens is 2. The van der Waals surface area contributed by atoms with Gasteiger partial charge in [-0.2, -0.15) is 0 Å². The maximum Gasteiger partial charge on any atom is 0.0136 e. The van der Waals surface area contributed by atoms with E-state index in [0.29, 0.717) is 0 Å². The van der Waals surface area contributed by atoms with Crippen molar-refractivity contribution in [2.24, 2.45) is 0 Å². The molecule has 0 saturated carbocycles. The summed E-state index contributed by atoms with van der Waals surface area (Å²) in [6.45, 7) is 0. The molecule has 0 bridgehead atoms. The van der Waals surface area contributed by atoms with Crippen molar-refractivity contribution in [3.63, 3.8) is 0 Å². The van der Waals surface area contributed by atoms with Crippen molar-refractivity contribution in [2.45, 2.75) is 0 Å². The number of rotatable bonds is 0. The van der Waals surface area contributed by atoms with Crippen LogP contribution in [-0.2, 0) is 0 Å². The second-order valence-electron chi connectivity index (χ2n) is 6.23. The highest BCUT2D eigenvalue weighted by molar-refractivity contribution is 14.1. The van der Waals surface area contributed by atoms with E-state index in [-0.39, 0.29) is 0 Å². The van der Waals surface area contributed by atoms with Crippen molar-refractivity contribution in [2.75, 3.05) is 0 Å². The van der Waals surface area contributed by atoms with Gasteiger partial charge in [0, 0.05) is 7.14 Å². The highest BCUT2D eigenvalue weighted by Crippen LogP contribution is 2.31. The lowest BCUT2D eigenvalue weighted by molar-refractivity contribution is 1.72. The average Bonchev–Trinajstić information content (AvgIpc) is 2.56. The number of hydrogen-bond donors (Lipinski definition) is 0. The fourth-order valence-corrected chi connectivity index (χ4v) is 4.47. The Balaban J connectivity index is 1.88. The number of hydrogen-bond acceptors (Lipinski definition) is 0. The van der Waals surface area contributed by atoms with Crippen molar-refractivity contribution >= 4 is 88.3 Å². The Kier molecular flexibility index (Phi) is 3.45. The molecule has 0 saturated heterocycles. The zero-order valence-corrected chi connectivity index (χ0v) is 17.0. The lowest BCUT2D eigenvalue weighted by Crippen LogP contribution is -1.82. The lowest BCUT2D eigenvalue weighted by atomic mass is 9.97. The Morgan fingerprint density at radius 1 is 0.333 bits per heavy atom. The van der Waals surface area contributed by atoms with Crippen molar-refractivity contribution in [1.82, 2.24) is 0 Å². The van der Waals surface area contributed by atoms with E-state index in [4.69, 9.17) is 0 Å². The van der Waals surface area contributed by atoms with Gasteiger partial charge in [0.2, 0.25) is 0 Å². The quantitative estimate of drug-likeness (QED) is 0.144. The molecular formula is C22H12I2. The first-order valence-corrected chi connectivity index (χ1v) is 9.98. The first-order valence-electron chi connectivity index (χ1n) is 7.82. The van der Waals surface area contributed by atoms with Gasteiger partial charge in [-0.1, -0.05) is 12.1 Å². The van der Waals surface area contributed by atoms with Crippen molar-refractivity contribution in [1.29, 1.82) is 0 Å². The van der Waals surface area contributed by atoms with Crippen LogP contribution in [0.1, 0.15) is 0 Å². The van der Waals surface area contributed by atoms with Crippen LogP contribution >= 0.6 is 45.2 Å². The molecular weight excluding hydrogens is 518 g/mol. The molecule has 0 aliphatic carbocycles. The summed E-state index contributed by atoms with van der Waals surface area (Å²) in [5, 5.41) is 10.5. The molecule has 0 atom stereocenters. The molecule has 0 aliphatic rings. The fourth-order valence-electron chi connectivity index (χ4n) is 3.44. The van der Waals surface area contributed by atoms with Crippen LogP contribution in [0.5, 0.6) is 0 Å². The van der Waals surface area contributed by atoms with Crippen LogP contribution in [-0.4, -0.2) is 0 Å². The Morgan fingerprint density at radius 3 is 1.00 bits per heavy atom. The first-order chi connectivity index (χ1) is 11.7. The molecule has 0 nitrogen and oxygen atoms in total. The second-order valence-corrected chi connectivity index (χ2v) is 8.73. The van der Waals surface area contributed by atoms with Crippen LogP contribution in [0.2, 0.25) is 0 Å². The largest absolute Gasteiger partial charge is 0.0533 e. The van der Waals surface area contributed by atoms with Gasteiger partial charge in [0.15, 0.2) is 0 Å². The highest BCUT2D eigenvalue weighted by Gasteiger charge is 2.04. The molecule has 5 rings (SSSR count). The van der Waals surface area contributed by atoms with E-state index >= 15 is 0 Å². The van der Waals surface area contributed by atoms with E-state index in [9.17, 15) is 0 Å². The van der Waals surface area contributed by atoms with Crippen LogP contribution in [0.4, 0.5) is 0 Å². The number of benzene rings is 5. The standard InChI is InChI=1S/C22H12I2/c23-21-3-1-13-5-15-7-16-6-14-2-4-22(24)12-20(14)10-18(16)8-17(15)9-19(13)11-21/h1-12H. The van der Waals surface area contributed by atoms with E-state index in [1.165, 1.54) is 50.2 Å². The van der Waals surface area contributed by atoms with E-state index in [1.54, 1.807) is 0 Å². The third kappa shape index (κ3) is 2.47. The maximum atomic E-state index is 2.38. The maximum absolute atomic E-state index is 2.38. The summed E-state index contributed by atoms with van der Waals surface area (Å²) in [6, 6.07) is 27.1. The molecule has 24 heavy (non-hydrogen) atoms. The molecule has 5 aromatic carbocycles. The Bertz CT molecular complexity index is 1170. The Morgan fingerprint density at radius 2 is 0.625 bits per heavy atom. The summed E-state index contributed by atoms with van der Waals surface area (Å²) in [5.41, 5.74) is 0. The summed E-state index contributed by atoms with van der Waals surface area (Å²) < 4.78 is 2.56. The minimum Gasteiger partial charge on any atom is -0.0533 e. The minimum atomic E-state index is 1.28. The van der Waals surface area contributed by atoms with Gasteiger partial charge in [0.05, 0.1) is 0 Å². The molecule has 2 heteroatoms. The van der Waals surface area contributed by atoms with Crippen molar-refractivity contribution in [3.8, 4) is 0 Å². The molecule has 114 valence electrons. The van der Waals surface area contributed by atoms with Gasteiger partial charge in [0.25, 0.3) is 0 Å². The smallest absolute Gasteiger partial charge is 0.0136 e. The lowest BCUT2D eigenvalue weighted by Gasteiger charge is -2.07. The van der Waals surface area contributed by atoms with Crippen molar-refractivity contribution < 1.29 is 0 Å². The predicted octanol–water partition coefficient (Wildman–Crippen LogP) is 7.51. The summed E-state index contributed by atoms with van der Waals surface area (Å²) in [7, 11) is 0. The molecule has 0 aliphatic heterocycles. The normalized spacial score (nSPS) is 11.8. The van der Waals surface area contributed by atoms with E-state index in [0.717, 1.165) is 0 Å². The third-order valence-electron chi connectivity index (χ3n) is 4.63. The van der Waals surface area contributed by atoms with Crippen LogP contribution in [0.3, 0.4) is 0 Å². The summed E-state index contributed by atoms with van der Waals surface area (Å²) in [4.78, 5) is 0. The monoisotopic (exact) mass is 530 g/mol. The molecule has 0 aromatic heterocycles. The van der Waals surface area contributed by atoms with Crippen LogP contribution in [0.25, 0.3) is 43.1 Å². The van der Waals surface area contributed by atoms with Gasteiger partial charge in [-0.15, -0.1) is 0 Å². The van der Waals surface area contributed by atoms with Crippen LogP contribution in [0.15, 0.2) is 72.8 Å². The summed E-state index contributed by atoms with van der Waals surface area (Å²) in [5.74, 6) is 0. The van der Waals surface area contributed by atoms with Gasteiger partial charge < -0.3 is 0 Å². The topological polar surface area (TPSA) is 0 Å². The van der Waals surface area contributed by atoms with E-state index < -0.39 is 0 Å². The fraction of sp³-hybridized carbons (Fsp3) is 0. The van der Waals surface area contributed by atoms with Crippen LogP contribution in [0, 0.1) is 7.14 Å². The molecule has 0 unspecified atom stereocenters. The molecule has 0 fully saturated rings. The minimum absolute atomic E-state index is 1.28. The predicted molar refractivity (Wildman–Crippen MR) is 122 cm³/mol. The zero-order chi connectivity index (χ0) is 16.3. The van der Waals surface area contributed by atoms with Crippen molar-refractivity contribution in [3.05, 3.63) is 79.9 Å². The second kappa shape index (κ2) is 5.56. The van der Waals surface area contributed by atoms with Gasteiger partial charge in [-0.05, 0) is 149 Å². The molecule has 0 radical (unpaired) electrons. The zero-order valence-electron chi connectivity index (χ0n) is 12.7. The number of fused-ring (bicyclic) bond motifs is 4. The Labute approximate surface area is 167 Å². The van der Waals surface area contributed by atoms with Crippen LogP contribution < -0.4 is 0 Å². The molecule has 0 spiro atoms. The highest BCUT2D eigenvalue weighted by atomic mass is 127. The molecule has 0 heterocycles. The van der Waals surface area contributed by atoms with Gasteiger partial charge in [-0.3, -0.25) is 0 Å². The third-order valence-corrected chi connectivity index (χ3v) is 5.97. The Hall–Kier alpha value is -1.40. The molecule has 5 aromatic rings. The van der Waals surface area contributed by atoms with Gasteiger partial charge in [-0.25, -0.2) is 0 Å². The summed E-state index contributed by atoms with van der Waals surface area (Å²) >= 11 is 4.76. The summed E-state index contributed by atoms with van der Waals surface area (Å²) in [6.07, 6.45) is 0. The van der Waals surface area contributed by atoms with Gasteiger partial charge >= 0.3 is 0 Å². The SMILES string of the molecule is Ic1ccc2cc3cc4cc5ccc(I)cc5cc4cc3cc2c1. The first kappa shape index (κ1) is 14.9. The average molecular weight is 530 g/mol. The van der Waals surface area contributed by atoms with E-state index in [1.807, 2.05) is 0 Å². The molecule has 0 N–H and O–H groups in total. The van der Waals surface area contributed by atoms with E-state index in [2.05, 4.69) is 118 Å². The van der Waals surface area contributed by atoms with Gasteiger partial charge in [0.1, 0.15) is 0 Å².